The molecule has 1 aromatic heterocycles. The number of ether oxygens (including phenoxy) is 2. The zero-order valence-electron chi connectivity index (χ0n) is 11.0. The van der Waals surface area contributed by atoms with Gasteiger partial charge in [0.05, 0.1) is 14.2 Å². The van der Waals surface area contributed by atoms with Gasteiger partial charge in [-0.15, -0.1) is 0 Å². The van der Waals surface area contributed by atoms with Crippen LogP contribution < -0.4 is 14.8 Å². The SMILES string of the molecule is COc1cc(OC)cc(C(=O)Nc2ccnc(Cl)c2)c1. The standard InChI is InChI=1S/C14H13ClN2O3/c1-19-11-5-9(6-12(8-11)20-2)14(18)17-10-3-4-16-13(15)7-10/h3-8H,1-2H3,(H,16,17,18). The molecule has 0 aliphatic heterocycles. The van der Waals surface area contributed by atoms with Crippen LogP contribution in [0.25, 0.3) is 0 Å². The first-order chi connectivity index (χ1) is 9.62. The van der Waals surface area contributed by atoms with Gasteiger partial charge in [0.25, 0.3) is 5.91 Å². The van der Waals surface area contributed by atoms with E-state index in [1.807, 2.05) is 0 Å². The topological polar surface area (TPSA) is 60.5 Å². The minimum Gasteiger partial charge on any atom is -0.497 e. The van der Waals surface area contributed by atoms with Crippen LogP contribution in [-0.2, 0) is 0 Å². The molecular formula is C14H13ClN2O3. The highest BCUT2D eigenvalue weighted by atomic mass is 35.5. The van der Waals surface area contributed by atoms with Crippen molar-refractivity contribution in [2.24, 2.45) is 0 Å². The van der Waals surface area contributed by atoms with Crippen LogP contribution in [0.15, 0.2) is 36.5 Å². The molecule has 1 heterocycles. The quantitative estimate of drug-likeness (QED) is 0.880. The maximum atomic E-state index is 12.2. The van der Waals surface area contributed by atoms with Gasteiger partial charge in [-0.25, -0.2) is 4.98 Å². The maximum absolute atomic E-state index is 12.2. The number of aromatic nitrogens is 1. The molecule has 0 atom stereocenters. The van der Waals surface area contributed by atoms with E-state index in [-0.39, 0.29) is 5.91 Å². The molecule has 0 aliphatic carbocycles. The van der Waals surface area contributed by atoms with Crippen LogP contribution in [0.4, 0.5) is 5.69 Å². The molecule has 0 aliphatic rings. The average molecular weight is 293 g/mol. The molecule has 104 valence electrons. The number of nitrogens with one attached hydrogen (secondary N) is 1. The van der Waals surface area contributed by atoms with E-state index in [9.17, 15) is 4.79 Å². The number of halogens is 1. The third-order valence-corrected chi connectivity index (χ3v) is 2.80. The Morgan fingerprint density at radius 1 is 1.15 bits per heavy atom. The van der Waals surface area contributed by atoms with E-state index in [2.05, 4.69) is 10.3 Å². The van der Waals surface area contributed by atoms with Crippen LogP contribution in [0.3, 0.4) is 0 Å². The van der Waals surface area contributed by atoms with E-state index in [1.54, 1.807) is 30.3 Å². The first kappa shape index (κ1) is 14.1. The highest BCUT2D eigenvalue weighted by Crippen LogP contribution is 2.23. The summed E-state index contributed by atoms with van der Waals surface area (Å²) in [6.45, 7) is 0. The predicted molar refractivity (Wildman–Crippen MR) is 76.7 cm³/mol. The Morgan fingerprint density at radius 3 is 2.35 bits per heavy atom. The van der Waals surface area contributed by atoms with E-state index in [0.717, 1.165) is 0 Å². The fraction of sp³-hybridized carbons (Fsp3) is 0.143. The third kappa shape index (κ3) is 3.39. The van der Waals surface area contributed by atoms with Crippen LogP contribution in [0.2, 0.25) is 5.15 Å². The summed E-state index contributed by atoms with van der Waals surface area (Å²) in [6.07, 6.45) is 1.52. The van der Waals surface area contributed by atoms with E-state index >= 15 is 0 Å². The van der Waals surface area contributed by atoms with Gasteiger partial charge in [0, 0.05) is 23.5 Å². The number of methoxy groups -OCH3 is 2. The van der Waals surface area contributed by atoms with Gasteiger partial charge in [-0.2, -0.15) is 0 Å². The summed E-state index contributed by atoms with van der Waals surface area (Å²) in [7, 11) is 3.05. The van der Waals surface area contributed by atoms with Crippen molar-refractivity contribution in [3.05, 3.63) is 47.2 Å². The molecule has 0 saturated carbocycles. The number of hydrogen-bond donors (Lipinski definition) is 1. The summed E-state index contributed by atoms with van der Waals surface area (Å²) < 4.78 is 10.3. The molecule has 0 unspecified atom stereocenters. The molecule has 0 bridgehead atoms. The summed E-state index contributed by atoms with van der Waals surface area (Å²) >= 11 is 5.77. The number of carbonyl (C=O) groups is 1. The molecule has 0 radical (unpaired) electrons. The van der Waals surface area contributed by atoms with E-state index in [1.165, 1.54) is 20.4 Å². The Labute approximate surface area is 121 Å². The molecular weight excluding hydrogens is 280 g/mol. The van der Waals surface area contributed by atoms with Crippen molar-refractivity contribution < 1.29 is 14.3 Å². The van der Waals surface area contributed by atoms with Gasteiger partial charge in [-0.3, -0.25) is 4.79 Å². The number of carbonyl (C=O) groups excluding carboxylic acids is 1. The Morgan fingerprint density at radius 2 is 1.80 bits per heavy atom. The molecule has 1 N–H and O–H groups in total. The summed E-state index contributed by atoms with van der Waals surface area (Å²) in [6, 6.07) is 8.17. The number of nitrogens with zero attached hydrogens (tertiary/aromatic N) is 1. The molecule has 20 heavy (non-hydrogen) atoms. The van der Waals surface area contributed by atoms with Gasteiger partial charge in [0.1, 0.15) is 16.7 Å². The summed E-state index contributed by atoms with van der Waals surface area (Å²) in [5.41, 5.74) is 0.992. The molecule has 6 heteroatoms. The van der Waals surface area contributed by atoms with E-state index < -0.39 is 0 Å². The second-order valence-corrected chi connectivity index (χ2v) is 4.31. The van der Waals surface area contributed by atoms with Gasteiger partial charge in [0.15, 0.2) is 0 Å². The fourth-order valence-corrected chi connectivity index (χ4v) is 1.80. The van der Waals surface area contributed by atoms with Gasteiger partial charge in [-0.1, -0.05) is 11.6 Å². The Bertz CT molecular complexity index is 609. The summed E-state index contributed by atoms with van der Waals surface area (Å²) in [4.78, 5) is 16.0. The third-order valence-electron chi connectivity index (χ3n) is 2.60. The second-order valence-electron chi connectivity index (χ2n) is 3.92. The number of rotatable bonds is 4. The van der Waals surface area contributed by atoms with Crippen molar-refractivity contribution in [2.75, 3.05) is 19.5 Å². The van der Waals surface area contributed by atoms with Crippen LogP contribution in [0.5, 0.6) is 11.5 Å². The molecule has 2 aromatic rings. The average Bonchev–Trinajstić information content (AvgIpc) is 2.46. The second kappa shape index (κ2) is 6.25. The molecule has 0 fully saturated rings. The normalized spacial score (nSPS) is 9.95. The Kier molecular flexibility index (Phi) is 4.42. The van der Waals surface area contributed by atoms with Crippen molar-refractivity contribution in [3.63, 3.8) is 0 Å². The Balaban J connectivity index is 2.24. The van der Waals surface area contributed by atoms with Crippen LogP contribution in [0.1, 0.15) is 10.4 Å². The summed E-state index contributed by atoms with van der Waals surface area (Å²) in [5.74, 6) is 0.800. The van der Waals surface area contributed by atoms with Gasteiger partial charge in [-0.05, 0) is 24.3 Å². The molecule has 0 spiro atoms. The zero-order chi connectivity index (χ0) is 14.5. The van der Waals surface area contributed by atoms with E-state index in [0.29, 0.717) is 27.9 Å². The molecule has 1 aromatic carbocycles. The monoisotopic (exact) mass is 292 g/mol. The number of hydrogen-bond acceptors (Lipinski definition) is 4. The zero-order valence-corrected chi connectivity index (χ0v) is 11.8. The smallest absolute Gasteiger partial charge is 0.255 e. The summed E-state index contributed by atoms with van der Waals surface area (Å²) in [5, 5.41) is 3.04. The number of pyridine rings is 1. The molecule has 1 amide bonds. The fourth-order valence-electron chi connectivity index (χ4n) is 1.62. The molecule has 2 rings (SSSR count). The van der Waals surface area contributed by atoms with Gasteiger partial charge >= 0.3 is 0 Å². The lowest BCUT2D eigenvalue weighted by molar-refractivity contribution is 0.102. The van der Waals surface area contributed by atoms with Crippen molar-refractivity contribution in [1.82, 2.24) is 4.98 Å². The van der Waals surface area contributed by atoms with Gasteiger partial charge in [0.2, 0.25) is 0 Å². The van der Waals surface area contributed by atoms with Crippen molar-refractivity contribution in [1.29, 1.82) is 0 Å². The van der Waals surface area contributed by atoms with Crippen LogP contribution in [-0.4, -0.2) is 25.1 Å². The largest absolute Gasteiger partial charge is 0.497 e. The first-order valence-electron chi connectivity index (χ1n) is 5.78. The van der Waals surface area contributed by atoms with Crippen LogP contribution in [0, 0.1) is 0 Å². The van der Waals surface area contributed by atoms with Crippen molar-refractivity contribution in [2.45, 2.75) is 0 Å². The number of amides is 1. The predicted octanol–water partition coefficient (Wildman–Crippen LogP) is 3.00. The minimum atomic E-state index is -0.288. The first-order valence-corrected chi connectivity index (χ1v) is 6.16. The molecule has 0 saturated heterocycles. The number of benzene rings is 1. The minimum absolute atomic E-state index is 0.288. The number of anilines is 1. The highest BCUT2D eigenvalue weighted by molar-refractivity contribution is 6.29. The highest BCUT2D eigenvalue weighted by Gasteiger charge is 2.10. The van der Waals surface area contributed by atoms with E-state index in [4.69, 9.17) is 21.1 Å². The van der Waals surface area contributed by atoms with Crippen molar-refractivity contribution in [3.8, 4) is 11.5 Å². The van der Waals surface area contributed by atoms with Crippen LogP contribution >= 0.6 is 11.6 Å². The lowest BCUT2D eigenvalue weighted by Crippen LogP contribution is -2.12. The molecule has 5 nitrogen and oxygen atoms in total. The Hall–Kier alpha value is -2.27. The van der Waals surface area contributed by atoms with Crippen molar-refractivity contribution >= 4 is 23.2 Å². The maximum Gasteiger partial charge on any atom is 0.255 e. The van der Waals surface area contributed by atoms with Gasteiger partial charge < -0.3 is 14.8 Å². The lowest BCUT2D eigenvalue weighted by atomic mass is 10.2. The lowest BCUT2D eigenvalue weighted by Gasteiger charge is -2.09.